The summed E-state index contributed by atoms with van der Waals surface area (Å²) in [5.74, 6) is -0.00217. The Balaban J connectivity index is 1.53. The van der Waals surface area contributed by atoms with Crippen molar-refractivity contribution in [2.24, 2.45) is 0 Å². The second kappa shape index (κ2) is 6.51. The molecule has 0 radical (unpaired) electrons. The van der Waals surface area contributed by atoms with Crippen LogP contribution in [0.5, 0.6) is 0 Å². The summed E-state index contributed by atoms with van der Waals surface area (Å²) in [4.78, 5) is 19.2. The van der Waals surface area contributed by atoms with Crippen molar-refractivity contribution in [3.05, 3.63) is 68.9 Å². The maximum Gasteiger partial charge on any atom is 0.241 e. The number of carbonyl (C=O) groups excluding carboxylic acids is 1. The van der Waals surface area contributed by atoms with Crippen molar-refractivity contribution in [1.29, 1.82) is 0 Å². The standard InChI is InChI=1S/C20H16Br2N4O/c21-10-1-3-12-14(7-23-16(12)5-10)18-9-25-20(27)19(26-18)15-8-24-17-6-11(22)2-4-13(15)17/h1-8,18-19,23-24,26H,9H2,(H,25,27)/t18?,19-/m0/s1. The second-order valence-electron chi connectivity index (χ2n) is 6.77. The number of carbonyl (C=O) groups is 1. The van der Waals surface area contributed by atoms with Crippen LogP contribution in [-0.2, 0) is 4.79 Å². The molecule has 3 heterocycles. The number of nitrogens with one attached hydrogen (secondary N) is 4. The molecular weight excluding hydrogens is 472 g/mol. The lowest BCUT2D eigenvalue weighted by atomic mass is 9.98. The number of halogens is 2. The van der Waals surface area contributed by atoms with Gasteiger partial charge >= 0.3 is 0 Å². The van der Waals surface area contributed by atoms with Gasteiger partial charge in [-0.25, -0.2) is 0 Å². The van der Waals surface area contributed by atoms with Gasteiger partial charge < -0.3 is 15.3 Å². The van der Waals surface area contributed by atoms with E-state index in [-0.39, 0.29) is 11.9 Å². The highest BCUT2D eigenvalue weighted by atomic mass is 79.9. The van der Waals surface area contributed by atoms with E-state index in [1.807, 2.05) is 36.7 Å². The molecule has 5 rings (SSSR count). The van der Waals surface area contributed by atoms with E-state index in [9.17, 15) is 4.79 Å². The molecule has 2 aromatic heterocycles. The Labute approximate surface area is 172 Å². The Bertz CT molecular complexity index is 1180. The zero-order valence-electron chi connectivity index (χ0n) is 14.1. The van der Waals surface area contributed by atoms with Gasteiger partial charge in [-0.2, -0.15) is 0 Å². The van der Waals surface area contributed by atoms with Gasteiger partial charge in [0.25, 0.3) is 0 Å². The molecule has 27 heavy (non-hydrogen) atoms. The van der Waals surface area contributed by atoms with Crippen molar-refractivity contribution >= 4 is 59.6 Å². The number of fused-ring (bicyclic) bond motifs is 2. The van der Waals surface area contributed by atoms with Gasteiger partial charge in [-0.15, -0.1) is 0 Å². The molecular formula is C20H16Br2N4O. The van der Waals surface area contributed by atoms with Crippen LogP contribution in [0.4, 0.5) is 0 Å². The predicted molar refractivity (Wildman–Crippen MR) is 114 cm³/mol. The third kappa shape index (κ3) is 2.90. The minimum atomic E-state index is -0.404. The lowest BCUT2D eigenvalue weighted by molar-refractivity contribution is -0.125. The molecule has 2 atom stereocenters. The highest BCUT2D eigenvalue weighted by Gasteiger charge is 2.32. The molecule has 7 heteroatoms. The molecule has 4 N–H and O–H groups in total. The molecule has 0 bridgehead atoms. The number of amides is 1. The van der Waals surface area contributed by atoms with E-state index in [1.54, 1.807) is 0 Å². The van der Waals surface area contributed by atoms with Crippen molar-refractivity contribution in [3.63, 3.8) is 0 Å². The largest absolute Gasteiger partial charge is 0.361 e. The maximum absolute atomic E-state index is 12.6. The van der Waals surface area contributed by atoms with Crippen LogP contribution in [0.2, 0.25) is 0 Å². The van der Waals surface area contributed by atoms with Gasteiger partial charge in [-0.3, -0.25) is 10.1 Å². The summed E-state index contributed by atoms with van der Waals surface area (Å²) in [7, 11) is 0. The van der Waals surface area contributed by atoms with Gasteiger partial charge in [0.05, 0.1) is 6.04 Å². The van der Waals surface area contributed by atoms with Crippen LogP contribution >= 0.6 is 31.9 Å². The molecule has 2 aromatic carbocycles. The highest BCUT2D eigenvalue weighted by molar-refractivity contribution is 9.10. The van der Waals surface area contributed by atoms with Crippen molar-refractivity contribution in [3.8, 4) is 0 Å². The highest BCUT2D eigenvalue weighted by Crippen LogP contribution is 2.33. The minimum absolute atomic E-state index is 0.00217. The van der Waals surface area contributed by atoms with E-state index in [4.69, 9.17) is 0 Å². The van der Waals surface area contributed by atoms with E-state index < -0.39 is 6.04 Å². The smallest absolute Gasteiger partial charge is 0.241 e. The Morgan fingerprint density at radius 3 is 2.11 bits per heavy atom. The first-order chi connectivity index (χ1) is 13.1. The molecule has 0 saturated carbocycles. The fraction of sp³-hybridized carbons (Fsp3) is 0.150. The summed E-state index contributed by atoms with van der Waals surface area (Å²) in [5.41, 5.74) is 4.20. The molecule has 1 saturated heterocycles. The molecule has 0 aliphatic carbocycles. The van der Waals surface area contributed by atoms with Crippen molar-refractivity contribution < 1.29 is 4.79 Å². The minimum Gasteiger partial charge on any atom is -0.361 e. The summed E-state index contributed by atoms with van der Waals surface area (Å²) >= 11 is 7.00. The van der Waals surface area contributed by atoms with Crippen molar-refractivity contribution in [1.82, 2.24) is 20.6 Å². The Morgan fingerprint density at radius 2 is 1.44 bits per heavy atom. The second-order valence-corrected chi connectivity index (χ2v) is 8.60. The van der Waals surface area contributed by atoms with Crippen LogP contribution in [0.1, 0.15) is 23.2 Å². The maximum atomic E-state index is 12.6. The average molecular weight is 488 g/mol. The fourth-order valence-corrected chi connectivity index (χ4v) is 4.56. The van der Waals surface area contributed by atoms with Crippen LogP contribution < -0.4 is 10.6 Å². The van der Waals surface area contributed by atoms with Gasteiger partial charge in [0.2, 0.25) is 5.91 Å². The number of rotatable bonds is 2. The average Bonchev–Trinajstić information content (AvgIpc) is 3.25. The molecule has 1 fully saturated rings. The van der Waals surface area contributed by atoms with Crippen LogP contribution in [0, 0.1) is 0 Å². The van der Waals surface area contributed by atoms with Crippen molar-refractivity contribution in [2.45, 2.75) is 12.1 Å². The zero-order chi connectivity index (χ0) is 18.5. The Kier molecular flexibility index (Phi) is 4.11. The summed E-state index contributed by atoms with van der Waals surface area (Å²) in [6, 6.07) is 11.9. The first-order valence-corrected chi connectivity index (χ1v) is 10.3. The molecule has 1 unspecified atom stereocenters. The molecule has 136 valence electrons. The van der Waals surface area contributed by atoms with Crippen molar-refractivity contribution in [2.75, 3.05) is 6.54 Å². The van der Waals surface area contributed by atoms with E-state index >= 15 is 0 Å². The fourth-order valence-electron chi connectivity index (χ4n) is 3.84. The van der Waals surface area contributed by atoms with Crippen LogP contribution in [-0.4, -0.2) is 22.4 Å². The molecule has 1 aliphatic rings. The monoisotopic (exact) mass is 486 g/mol. The summed E-state index contributed by atoms with van der Waals surface area (Å²) in [6.45, 7) is 0.562. The SMILES string of the molecule is O=C1NCC(c2c[nH]c3cc(Br)ccc23)N[C@H]1c1c[nH]c2cc(Br)ccc12. The topological polar surface area (TPSA) is 72.7 Å². The summed E-state index contributed by atoms with van der Waals surface area (Å²) < 4.78 is 2.04. The number of hydrogen-bond donors (Lipinski definition) is 4. The van der Waals surface area contributed by atoms with E-state index in [1.165, 1.54) is 0 Å². The zero-order valence-corrected chi connectivity index (χ0v) is 17.3. The quantitative estimate of drug-likeness (QED) is 0.331. The number of benzene rings is 2. The van der Waals surface area contributed by atoms with Gasteiger partial charge in [-0.1, -0.05) is 44.0 Å². The van der Waals surface area contributed by atoms with Crippen LogP contribution in [0.15, 0.2) is 57.7 Å². The predicted octanol–water partition coefficient (Wildman–Crippen LogP) is 4.68. The molecule has 0 spiro atoms. The van der Waals surface area contributed by atoms with E-state index in [0.29, 0.717) is 6.54 Å². The van der Waals surface area contributed by atoms with Gasteiger partial charge in [0, 0.05) is 55.3 Å². The number of hydrogen-bond acceptors (Lipinski definition) is 2. The van der Waals surface area contributed by atoms with E-state index in [2.05, 4.69) is 64.6 Å². The van der Waals surface area contributed by atoms with Gasteiger partial charge in [-0.05, 0) is 29.8 Å². The van der Waals surface area contributed by atoms with Gasteiger partial charge in [0.1, 0.15) is 6.04 Å². The molecule has 4 aromatic rings. The number of aromatic amines is 2. The van der Waals surface area contributed by atoms with Gasteiger partial charge in [0.15, 0.2) is 0 Å². The lowest BCUT2D eigenvalue weighted by Crippen LogP contribution is -2.49. The summed E-state index contributed by atoms with van der Waals surface area (Å²) in [5, 5.41) is 8.82. The Hall–Kier alpha value is -2.09. The molecule has 1 aliphatic heterocycles. The third-order valence-electron chi connectivity index (χ3n) is 5.15. The lowest BCUT2D eigenvalue weighted by Gasteiger charge is -2.31. The summed E-state index contributed by atoms with van der Waals surface area (Å²) in [6.07, 6.45) is 3.94. The third-order valence-corrected chi connectivity index (χ3v) is 6.13. The molecule has 5 nitrogen and oxygen atoms in total. The number of aromatic nitrogens is 2. The number of H-pyrrole nitrogens is 2. The Morgan fingerprint density at radius 1 is 0.852 bits per heavy atom. The van der Waals surface area contributed by atoms with Crippen LogP contribution in [0.25, 0.3) is 21.8 Å². The number of piperazine rings is 1. The normalized spacial score (nSPS) is 20.3. The van der Waals surface area contributed by atoms with Crippen LogP contribution in [0.3, 0.4) is 0 Å². The first-order valence-electron chi connectivity index (χ1n) is 8.67. The first kappa shape index (κ1) is 17.0. The van der Waals surface area contributed by atoms with E-state index in [0.717, 1.165) is 41.9 Å². The molecule has 1 amide bonds.